The van der Waals surface area contributed by atoms with E-state index in [1.807, 2.05) is 27.7 Å². The van der Waals surface area contributed by atoms with E-state index in [0.29, 0.717) is 28.6 Å². The number of nitrogens with zero attached hydrogens (tertiary/aromatic N) is 3. The number of aromatic nitrogens is 2. The van der Waals surface area contributed by atoms with Crippen molar-refractivity contribution in [2.24, 2.45) is 5.41 Å². The summed E-state index contributed by atoms with van der Waals surface area (Å²) in [5.41, 5.74) is 0.931. The number of carbonyl (C=O) groups excluding carboxylic acids is 2. The standard InChI is InChI=1S/C26H23FN4O3S/c1-2-22(32)30-11-10-26(15-30)13-16(14-26)31-18-6-3-5-17(27)23(18)28-25(31)29-24(33)21-9-8-20(35-21)19-7-4-12-34-19/h2-9,12,16H,1,10-11,13-15H2,(H,28,29,33). The summed E-state index contributed by atoms with van der Waals surface area (Å²) < 4.78 is 22.0. The van der Waals surface area contributed by atoms with Crippen molar-refractivity contribution in [1.29, 1.82) is 0 Å². The average Bonchev–Trinajstić information content (AvgIpc) is 3.62. The first kappa shape index (κ1) is 21.8. The molecule has 7 nitrogen and oxygen atoms in total. The van der Waals surface area contributed by atoms with Crippen molar-refractivity contribution in [3.63, 3.8) is 0 Å². The Morgan fingerprint density at radius 3 is 2.86 bits per heavy atom. The Labute approximate surface area is 204 Å². The fourth-order valence-corrected chi connectivity index (χ4v) is 6.29. The summed E-state index contributed by atoms with van der Waals surface area (Å²) in [5.74, 6) is 0.259. The van der Waals surface area contributed by atoms with Crippen molar-refractivity contribution >= 4 is 40.1 Å². The summed E-state index contributed by atoms with van der Waals surface area (Å²) in [4.78, 5) is 32.8. The number of hydrogen-bond donors (Lipinski definition) is 1. The molecule has 2 amide bonds. The number of carbonyl (C=O) groups is 2. The van der Waals surface area contributed by atoms with Gasteiger partial charge in [0.05, 0.1) is 21.5 Å². The first-order valence-electron chi connectivity index (χ1n) is 11.5. The number of benzene rings is 1. The molecule has 1 aromatic carbocycles. The van der Waals surface area contributed by atoms with Crippen LogP contribution in [-0.4, -0.2) is 39.4 Å². The summed E-state index contributed by atoms with van der Waals surface area (Å²) in [7, 11) is 0. The SMILES string of the molecule is C=CC(=O)N1CCC2(CC(n3c(NC(=O)c4ccc(-c5ccco5)s4)nc4c(F)cccc43)C2)C1. The van der Waals surface area contributed by atoms with Crippen LogP contribution in [0.3, 0.4) is 0 Å². The summed E-state index contributed by atoms with van der Waals surface area (Å²) in [5, 5.41) is 2.91. The van der Waals surface area contributed by atoms with Crippen molar-refractivity contribution < 1.29 is 18.4 Å². The lowest BCUT2D eigenvalue weighted by atomic mass is 9.65. The number of imidazole rings is 1. The normalized spacial score (nSPS) is 21.4. The van der Waals surface area contributed by atoms with Crippen LogP contribution in [0.2, 0.25) is 0 Å². The van der Waals surface area contributed by atoms with Gasteiger partial charge in [0.2, 0.25) is 11.9 Å². The quantitative estimate of drug-likeness (QED) is 0.375. The zero-order chi connectivity index (χ0) is 24.2. The third-order valence-electron chi connectivity index (χ3n) is 7.12. The molecule has 1 spiro atoms. The molecule has 2 aliphatic rings. The van der Waals surface area contributed by atoms with Crippen LogP contribution in [0.25, 0.3) is 21.7 Å². The predicted octanol–water partition coefficient (Wildman–Crippen LogP) is 5.49. The minimum Gasteiger partial charge on any atom is -0.464 e. The smallest absolute Gasteiger partial charge is 0.268 e. The van der Waals surface area contributed by atoms with Crippen LogP contribution in [0, 0.1) is 11.2 Å². The maximum Gasteiger partial charge on any atom is 0.268 e. The predicted molar refractivity (Wildman–Crippen MR) is 132 cm³/mol. The third-order valence-corrected chi connectivity index (χ3v) is 8.22. The van der Waals surface area contributed by atoms with Crippen LogP contribution in [0.15, 0.2) is 65.8 Å². The van der Waals surface area contributed by atoms with E-state index in [1.165, 1.54) is 23.5 Å². The van der Waals surface area contributed by atoms with Gasteiger partial charge in [0.1, 0.15) is 11.3 Å². The Morgan fingerprint density at radius 2 is 2.09 bits per heavy atom. The molecular weight excluding hydrogens is 467 g/mol. The van der Waals surface area contributed by atoms with E-state index in [1.54, 1.807) is 24.5 Å². The minimum atomic E-state index is -0.425. The van der Waals surface area contributed by atoms with Crippen molar-refractivity contribution in [3.8, 4) is 10.6 Å². The number of para-hydroxylation sites is 1. The molecule has 4 aromatic rings. The number of amides is 2. The van der Waals surface area contributed by atoms with Gasteiger partial charge in [-0.25, -0.2) is 9.37 Å². The van der Waals surface area contributed by atoms with Gasteiger partial charge in [0, 0.05) is 19.1 Å². The monoisotopic (exact) mass is 490 g/mol. The Hall–Kier alpha value is -3.72. The van der Waals surface area contributed by atoms with E-state index in [9.17, 15) is 14.0 Å². The molecule has 6 rings (SSSR count). The second-order valence-corrected chi connectivity index (χ2v) is 10.4. The Morgan fingerprint density at radius 1 is 1.23 bits per heavy atom. The van der Waals surface area contributed by atoms with Crippen LogP contribution < -0.4 is 5.32 Å². The fraction of sp³-hybridized carbons (Fsp3) is 0.269. The van der Waals surface area contributed by atoms with Gasteiger partial charge in [-0.3, -0.25) is 14.9 Å². The van der Waals surface area contributed by atoms with Gasteiger partial charge in [0.25, 0.3) is 5.91 Å². The van der Waals surface area contributed by atoms with E-state index in [0.717, 1.165) is 30.7 Å². The molecule has 0 unspecified atom stereocenters. The van der Waals surface area contributed by atoms with E-state index < -0.39 is 5.82 Å². The molecule has 9 heteroatoms. The molecule has 178 valence electrons. The highest BCUT2D eigenvalue weighted by Crippen LogP contribution is 2.55. The first-order valence-corrected chi connectivity index (χ1v) is 12.3. The van der Waals surface area contributed by atoms with Crippen molar-refractivity contribution in [2.45, 2.75) is 25.3 Å². The highest BCUT2D eigenvalue weighted by atomic mass is 32.1. The van der Waals surface area contributed by atoms with Crippen LogP contribution in [-0.2, 0) is 4.79 Å². The first-order chi connectivity index (χ1) is 17.0. The fourth-order valence-electron chi connectivity index (χ4n) is 5.42. The number of nitrogens with one attached hydrogen (secondary N) is 1. The average molecular weight is 491 g/mol. The Balaban J connectivity index is 1.27. The number of rotatable bonds is 5. The van der Waals surface area contributed by atoms with Crippen LogP contribution in [0.1, 0.15) is 35.0 Å². The maximum atomic E-state index is 14.6. The molecule has 1 aliphatic heterocycles. The van der Waals surface area contributed by atoms with E-state index >= 15 is 0 Å². The van der Waals surface area contributed by atoms with Crippen LogP contribution >= 0.6 is 11.3 Å². The lowest BCUT2D eigenvalue weighted by molar-refractivity contribution is -0.125. The van der Waals surface area contributed by atoms with Gasteiger partial charge < -0.3 is 13.9 Å². The van der Waals surface area contributed by atoms with Gasteiger partial charge in [0.15, 0.2) is 5.82 Å². The second kappa shape index (κ2) is 8.20. The van der Waals surface area contributed by atoms with Crippen LogP contribution in [0.5, 0.6) is 0 Å². The summed E-state index contributed by atoms with van der Waals surface area (Å²) in [6, 6.07) is 12.1. The topological polar surface area (TPSA) is 80.4 Å². The highest BCUT2D eigenvalue weighted by molar-refractivity contribution is 7.17. The molecule has 1 N–H and O–H groups in total. The summed E-state index contributed by atoms with van der Waals surface area (Å²) in [6.07, 6.45) is 5.54. The zero-order valence-corrected chi connectivity index (χ0v) is 19.7. The van der Waals surface area contributed by atoms with Crippen molar-refractivity contribution in [2.75, 3.05) is 18.4 Å². The molecule has 1 saturated heterocycles. The number of furan rings is 1. The van der Waals surface area contributed by atoms with E-state index in [4.69, 9.17) is 4.42 Å². The number of thiophene rings is 1. The van der Waals surface area contributed by atoms with E-state index in [2.05, 4.69) is 16.9 Å². The van der Waals surface area contributed by atoms with Gasteiger partial charge in [-0.05, 0) is 67.2 Å². The Kier molecular flexibility index (Phi) is 5.10. The molecule has 0 bridgehead atoms. The maximum absolute atomic E-state index is 14.6. The van der Waals surface area contributed by atoms with Crippen molar-refractivity contribution in [3.05, 3.63) is 72.1 Å². The number of halogens is 1. The van der Waals surface area contributed by atoms with Crippen molar-refractivity contribution in [1.82, 2.24) is 14.5 Å². The zero-order valence-electron chi connectivity index (χ0n) is 18.9. The molecular formula is C26H23FN4O3S. The molecule has 0 radical (unpaired) electrons. The molecule has 2 fully saturated rings. The molecule has 0 atom stereocenters. The number of fused-ring (bicyclic) bond motifs is 1. The Bertz CT molecular complexity index is 1450. The molecule has 1 aliphatic carbocycles. The lowest BCUT2D eigenvalue weighted by Gasteiger charge is -2.46. The number of likely N-dealkylation sites (tertiary alicyclic amines) is 1. The molecule has 35 heavy (non-hydrogen) atoms. The van der Waals surface area contributed by atoms with E-state index in [-0.39, 0.29) is 28.8 Å². The minimum absolute atomic E-state index is 0.0419. The van der Waals surface area contributed by atoms with Gasteiger partial charge in [-0.1, -0.05) is 12.6 Å². The lowest BCUT2D eigenvalue weighted by Crippen LogP contribution is -2.42. The second-order valence-electron chi connectivity index (χ2n) is 9.28. The van der Waals surface area contributed by atoms with Crippen LogP contribution in [0.4, 0.5) is 10.3 Å². The molecule has 4 heterocycles. The largest absolute Gasteiger partial charge is 0.464 e. The van der Waals surface area contributed by atoms with Gasteiger partial charge in [-0.15, -0.1) is 11.3 Å². The number of anilines is 1. The van der Waals surface area contributed by atoms with Gasteiger partial charge in [-0.2, -0.15) is 0 Å². The number of hydrogen-bond acceptors (Lipinski definition) is 5. The highest BCUT2D eigenvalue weighted by Gasteiger charge is 2.50. The molecule has 3 aromatic heterocycles. The summed E-state index contributed by atoms with van der Waals surface area (Å²) >= 11 is 1.32. The summed E-state index contributed by atoms with van der Waals surface area (Å²) in [6.45, 7) is 5.01. The third kappa shape index (κ3) is 3.67. The molecule has 1 saturated carbocycles. The van der Waals surface area contributed by atoms with Gasteiger partial charge >= 0.3 is 0 Å².